The van der Waals surface area contributed by atoms with Crippen molar-refractivity contribution in [1.82, 2.24) is 0 Å². The van der Waals surface area contributed by atoms with Crippen LogP contribution in [-0.4, -0.2) is 46.4 Å². The number of amides is 1. The number of ether oxygens (including phenoxy) is 1. The molecule has 3 rings (SSSR count). The van der Waals surface area contributed by atoms with Gasteiger partial charge in [0.1, 0.15) is 17.3 Å². The number of nitrogen functional groups attached to an aromatic ring is 1. The minimum absolute atomic E-state index is 0.0546. The number of anilines is 1. The number of hydrogen-bond acceptors (Lipinski definition) is 5. The Morgan fingerprint density at radius 3 is 2.34 bits per heavy atom. The van der Waals surface area contributed by atoms with Gasteiger partial charge < -0.3 is 20.5 Å². The van der Waals surface area contributed by atoms with Crippen LogP contribution in [0.1, 0.15) is 11.1 Å². The van der Waals surface area contributed by atoms with E-state index in [0.29, 0.717) is 33.0 Å². The molecule has 0 saturated heterocycles. The summed E-state index contributed by atoms with van der Waals surface area (Å²) in [5.74, 6) is -1.44. The third-order valence-electron chi connectivity index (χ3n) is 4.44. The van der Waals surface area contributed by atoms with Crippen LogP contribution in [0.2, 0.25) is 0 Å². The van der Waals surface area contributed by atoms with E-state index in [1.165, 1.54) is 7.11 Å². The van der Waals surface area contributed by atoms with Crippen molar-refractivity contribution in [2.75, 3.05) is 24.3 Å². The quantitative estimate of drug-likeness (QED) is 0.466. The molecular weight excluding hydrogens is 394 g/mol. The van der Waals surface area contributed by atoms with Gasteiger partial charge in [-0.15, -0.1) is 0 Å². The van der Waals surface area contributed by atoms with Gasteiger partial charge >= 0.3 is 5.97 Å². The molecule has 0 radical (unpaired) electrons. The SMILES string of the molecule is COC1=C(c2ccc(S(=O)CC(=O)O)cc2)C(=O)N(c2ccc(C(=N)N)cc2)C1. The Kier molecular flexibility index (Phi) is 5.79. The molecule has 0 bridgehead atoms. The van der Waals surface area contributed by atoms with Crippen molar-refractivity contribution < 1.29 is 23.6 Å². The first-order valence-corrected chi connectivity index (χ1v) is 9.87. The molecule has 150 valence electrons. The van der Waals surface area contributed by atoms with Crippen LogP contribution in [0.5, 0.6) is 0 Å². The number of carboxylic acids is 1. The van der Waals surface area contributed by atoms with Crippen molar-refractivity contribution in [2.45, 2.75) is 4.90 Å². The van der Waals surface area contributed by atoms with Gasteiger partial charge in [-0.3, -0.25) is 19.2 Å². The Morgan fingerprint density at radius 1 is 1.21 bits per heavy atom. The molecule has 9 heteroatoms. The van der Waals surface area contributed by atoms with Gasteiger partial charge in [0.2, 0.25) is 0 Å². The highest BCUT2D eigenvalue weighted by Crippen LogP contribution is 2.32. The van der Waals surface area contributed by atoms with Gasteiger partial charge in [0.15, 0.2) is 0 Å². The summed E-state index contributed by atoms with van der Waals surface area (Å²) < 4.78 is 17.4. The number of methoxy groups -OCH3 is 1. The van der Waals surface area contributed by atoms with E-state index in [4.69, 9.17) is 21.0 Å². The molecule has 0 saturated carbocycles. The van der Waals surface area contributed by atoms with Crippen molar-refractivity contribution in [3.8, 4) is 0 Å². The van der Waals surface area contributed by atoms with Gasteiger partial charge in [-0.25, -0.2) is 0 Å². The maximum Gasteiger partial charge on any atom is 0.316 e. The number of nitrogens with two attached hydrogens (primary N) is 1. The average molecular weight is 413 g/mol. The minimum atomic E-state index is -1.66. The standard InChI is InChI=1S/C20H19N3O5S/c1-28-16-10-23(14-6-2-13(3-7-14)19(21)22)20(26)18(16)12-4-8-15(9-5-12)29(27)11-17(24)25/h2-9H,10-11H2,1H3,(H3,21,22)(H,24,25). The van der Waals surface area contributed by atoms with Gasteiger partial charge in [0, 0.05) is 16.1 Å². The highest BCUT2D eigenvalue weighted by molar-refractivity contribution is 7.85. The van der Waals surface area contributed by atoms with E-state index in [1.807, 2.05) is 0 Å². The molecule has 1 unspecified atom stereocenters. The number of aliphatic carboxylic acids is 1. The monoisotopic (exact) mass is 413 g/mol. The Labute approximate surface area is 169 Å². The second-order valence-electron chi connectivity index (χ2n) is 6.26. The van der Waals surface area contributed by atoms with Crippen LogP contribution < -0.4 is 10.6 Å². The van der Waals surface area contributed by atoms with Crippen molar-refractivity contribution in [3.05, 3.63) is 65.4 Å². The second kappa shape index (κ2) is 8.27. The van der Waals surface area contributed by atoms with E-state index in [-0.39, 0.29) is 18.3 Å². The predicted octanol–water partition coefficient (Wildman–Crippen LogP) is 1.57. The first-order valence-electron chi connectivity index (χ1n) is 8.56. The third-order valence-corrected chi connectivity index (χ3v) is 5.74. The summed E-state index contributed by atoms with van der Waals surface area (Å²) in [6.07, 6.45) is 0. The zero-order chi connectivity index (χ0) is 21.1. The van der Waals surface area contributed by atoms with Gasteiger partial charge in [-0.2, -0.15) is 0 Å². The van der Waals surface area contributed by atoms with Crippen LogP contribution in [-0.2, 0) is 25.1 Å². The maximum atomic E-state index is 13.0. The second-order valence-corrected chi connectivity index (χ2v) is 7.71. The highest BCUT2D eigenvalue weighted by atomic mass is 32.2. The summed E-state index contributed by atoms with van der Waals surface area (Å²) in [5, 5.41) is 16.2. The number of benzene rings is 2. The molecule has 8 nitrogen and oxygen atoms in total. The van der Waals surface area contributed by atoms with E-state index in [1.54, 1.807) is 53.4 Å². The average Bonchev–Trinajstić information content (AvgIpc) is 3.04. The van der Waals surface area contributed by atoms with Crippen molar-refractivity contribution >= 4 is 39.8 Å². The minimum Gasteiger partial charge on any atom is -0.498 e. The number of rotatable bonds is 7. The van der Waals surface area contributed by atoms with Gasteiger partial charge in [0.05, 0.1) is 30.0 Å². The summed E-state index contributed by atoms with van der Waals surface area (Å²) in [4.78, 5) is 25.7. The molecule has 0 spiro atoms. The fourth-order valence-corrected chi connectivity index (χ4v) is 3.83. The normalized spacial score (nSPS) is 14.8. The number of carbonyl (C=O) groups is 2. The molecule has 4 N–H and O–H groups in total. The van der Waals surface area contributed by atoms with E-state index in [9.17, 15) is 13.8 Å². The van der Waals surface area contributed by atoms with Crippen molar-refractivity contribution in [2.24, 2.45) is 5.73 Å². The van der Waals surface area contributed by atoms with Crippen LogP contribution in [0.25, 0.3) is 5.57 Å². The lowest BCUT2D eigenvalue weighted by Gasteiger charge is -2.17. The van der Waals surface area contributed by atoms with Gasteiger partial charge in [-0.05, 0) is 42.0 Å². The number of amidine groups is 1. The van der Waals surface area contributed by atoms with Gasteiger partial charge in [-0.1, -0.05) is 12.1 Å². The lowest BCUT2D eigenvalue weighted by atomic mass is 10.1. The molecule has 1 aliphatic rings. The lowest BCUT2D eigenvalue weighted by Crippen LogP contribution is -2.26. The summed E-state index contributed by atoms with van der Waals surface area (Å²) in [6.45, 7) is 0.247. The number of carboxylic acid groups (broad SMARTS) is 1. The number of nitrogens with zero attached hydrogens (tertiary/aromatic N) is 1. The molecule has 0 aliphatic carbocycles. The van der Waals surface area contributed by atoms with Crippen LogP contribution in [0, 0.1) is 5.41 Å². The molecular formula is C20H19N3O5S. The molecule has 0 aromatic heterocycles. The fourth-order valence-electron chi connectivity index (χ4n) is 3.00. The molecule has 2 aromatic rings. The zero-order valence-electron chi connectivity index (χ0n) is 15.5. The molecule has 2 aromatic carbocycles. The van der Waals surface area contributed by atoms with E-state index in [0.717, 1.165) is 0 Å². The summed E-state index contributed by atoms with van der Waals surface area (Å²) in [7, 11) is -0.168. The van der Waals surface area contributed by atoms with Crippen LogP contribution in [0.3, 0.4) is 0 Å². The third kappa shape index (κ3) is 4.19. The Balaban J connectivity index is 1.86. The maximum absolute atomic E-state index is 13.0. The molecule has 29 heavy (non-hydrogen) atoms. The molecule has 1 heterocycles. The summed E-state index contributed by atoms with van der Waals surface area (Å²) in [5.41, 5.74) is 7.65. The molecule has 1 atom stereocenters. The Hall–Kier alpha value is -3.46. The van der Waals surface area contributed by atoms with Crippen molar-refractivity contribution in [3.63, 3.8) is 0 Å². The predicted molar refractivity (Wildman–Crippen MR) is 109 cm³/mol. The largest absolute Gasteiger partial charge is 0.498 e. The summed E-state index contributed by atoms with van der Waals surface area (Å²) >= 11 is 0. The van der Waals surface area contributed by atoms with Crippen LogP contribution >= 0.6 is 0 Å². The molecule has 1 amide bonds. The fraction of sp³-hybridized carbons (Fsp3) is 0.150. The van der Waals surface area contributed by atoms with Crippen LogP contribution in [0.4, 0.5) is 5.69 Å². The van der Waals surface area contributed by atoms with E-state index in [2.05, 4.69) is 0 Å². The highest BCUT2D eigenvalue weighted by Gasteiger charge is 2.33. The molecule has 0 fully saturated rings. The zero-order valence-corrected chi connectivity index (χ0v) is 16.4. The van der Waals surface area contributed by atoms with Crippen molar-refractivity contribution in [1.29, 1.82) is 5.41 Å². The van der Waals surface area contributed by atoms with E-state index < -0.39 is 22.5 Å². The summed E-state index contributed by atoms with van der Waals surface area (Å²) in [6, 6.07) is 13.1. The first-order chi connectivity index (χ1) is 13.8. The number of carbonyl (C=O) groups excluding carboxylic acids is 1. The number of nitrogens with one attached hydrogen (secondary N) is 1. The Morgan fingerprint density at radius 2 is 1.83 bits per heavy atom. The van der Waals surface area contributed by atoms with Gasteiger partial charge in [0.25, 0.3) is 5.91 Å². The number of hydrogen-bond donors (Lipinski definition) is 3. The topological polar surface area (TPSA) is 134 Å². The Bertz CT molecular complexity index is 1030. The van der Waals surface area contributed by atoms with E-state index >= 15 is 0 Å². The molecule has 1 aliphatic heterocycles. The smallest absolute Gasteiger partial charge is 0.316 e. The first kappa shape index (κ1) is 20.3. The lowest BCUT2D eigenvalue weighted by molar-refractivity contribution is -0.134. The van der Waals surface area contributed by atoms with Crippen LogP contribution in [0.15, 0.2) is 59.2 Å².